The summed E-state index contributed by atoms with van der Waals surface area (Å²) in [7, 11) is 0. The van der Waals surface area contributed by atoms with E-state index in [9.17, 15) is 25.2 Å². The Balaban J connectivity index is 2.33. The van der Waals surface area contributed by atoms with Gasteiger partial charge in [0.05, 0.1) is 6.61 Å². The van der Waals surface area contributed by atoms with E-state index in [0.717, 1.165) is 19.3 Å². The maximum Gasteiger partial charge on any atom is 0.219 e. The molecule has 0 aliphatic carbocycles. The Hall–Kier alpha value is -0.570. The van der Waals surface area contributed by atoms with Gasteiger partial charge >= 0.3 is 0 Å². The highest BCUT2D eigenvalue weighted by Gasteiger charge is 2.56. The number of aliphatic hydroxyl groups is 5. The van der Waals surface area contributed by atoms with Crippen molar-refractivity contribution in [3.8, 4) is 0 Å². The average Bonchev–Trinajstić information content (AvgIpc) is 2.85. The zero-order chi connectivity index (χ0) is 19.7. The van der Waals surface area contributed by atoms with E-state index in [1.807, 2.05) is 0 Å². The molecular weight excluding hydrogens is 328 g/mol. The van der Waals surface area contributed by atoms with Crippen LogP contribution in [0.3, 0.4) is 0 Å². The van der Waals surface area contributed by atoms with E-state index in [4.69, 9.17) is 11.2 Å². The summed E-state index contributed by atoms with van der Waals surface area (Å²) in [5.41, 5.74) is 0. The molecule has 0 aromatic rings. The minimum atomic E-state index is -2.41. The highest BCUT2D eigenvalue weighted by molar-refractivity contribution is 5.83. The summed E-state index contributed by atoms with van der Waals surface area (Å²) in [5, 5.41) is 48.4. The van der Waals surface area contributed by atoms with Crippen LogP contribution in [0.5, 0.6) is 0 Å². The molecule has 7 nitrogen and oxygen atoms in total. The molecule has 1 aliphatic heterocycles. The van der Waals surface area contributed by atoms with Crippen molar-refractivity contribution in [2.24, 2.45) is 0 Å². The maximum absolute atomic E-state index is 12.1. The molecule has 25 heavy (non-hydrogen) atoms. The quantitative estimate of drug-likeness (QED) is 0.304. The monoisotopic (exact) mass is 363 g/mol. The largest absolute Gasteiger partial charge is 0.391 e. The molecule has 0 amide bonds. The van der Waals surface area contributed by atoms with E-state index < -0.39 is 49.0 Å². The molecule has 0 spiro atoms. The molecule has 1 aliphatic rings. The first-order chi connectivity index (χ1) is 12.3. The van der Waals surface area contributed by atoms with E-state index in [0.29, 0.717) is 6.42 Å². The summed E-state index contributed by atoms with van der Waals surface area (Å²) in [6.45, 7) is 1.18. The minimum absolute atomic E-state index is 0.197. The summed E-state index contributed by atoms with van der Waals surface area (Å²) in [4.78, 5) is 12.1. The second-order valence-electron chi connectivity index (χ2n) is 6.83. The van der Waals surface area contributed by atoms with Crippen LogP contribution in [0.1, 0.15) is 72.5 Å². The number of rotatable bonds is 13. The van der Waals surface area contributed by atoms with Crippen molar-refractivity contribution >= 4 is 5.78 Å². The lowest BCUT2D eigenvalue weighted by Crippen LogP contribution is -2.46. The standard InChI is InChI=1S/C18H34O7/c1-2-3-4-5-6-7-8-9-10-11-13(20)14(21)16-15(22)17(23)18(24,12-19)25-16/h14-17,19,21-24H,2-12H2,1H3/t14?,15-,16-,17+,18?/m1/s1/i10D/t10?,14?,15-,16-,17+,18?. The van der Waals surface area contributed by atoms with Gasteiger partial charge in [0.2, 0.25) is 5.79 Å². The Morgan fingerprint density at radius 2 is 1.72 bits per heavy atom. The fourth-order valence-corrected chi connectivity index (χ4v) is 3.00. The van der Waals surface area contributed by atoms with E-state index in [2.05, 4.69) is 6.92 Å². The molecule has 0 radical (unpaired) electrons. The third kappa shape index (κ3) is 6.58. The van der Waals surface area contributed by atoms with Gasteiger partial charge in [-0.2, -0.15) is 0 Å². The molecule has 6 atom stereocenters. The third-order valence-electron chi connectivity index (χ3n) is 4.69. The SMILES string of the molecule is [2H]C(CCCCCCCCC)CC(=O)C(O)[C@H]1OC(O)(CO)[C@@H](O)[C@@H]1O. The van der Waals surface area contributed by atoms with Crippen molar-refractivity contribution in [2.75, 3.05) is 6.61 Å². The summed E-state index contributed by atoms with van der Waals surface area (Å²) in [5.74, 6) is -3.10. The summed E-state index contributed by atoms with van der Waals surface area (Å²) in [6.07, 6.45) is 0.638. The van der Waals surface area contributed by atoms with Crippen LogP contribution in [-0.2, 0) is 9.53 Å². The van der Waals surface area contributed by atoms with Gasteiger partial charge in [0.25, 0.3) is 0 Å². The number of carbonyl (C=O) groups excluding carboxylic acids is 1. The van der Waals surface area contributed by atoms with Crippen molar-refractivity contribution in [1.82, 2.24) is 0 Å². The van der Waals surface area contributed by atoms with Gasteiger partial charge in [-0.05, 0) is 6.40 Å². The molecule has 1 fully saturated rings. The van der Waals surface area contributed by atoms with Crippen LogP contribution in [-0.4, -0.2) is 68.1 Å². The van der Waals surface area contributed by atoms with E-state index in [-0.39, 0.29) is 6.42 Å². The molecule has 1 heterocycles. The zero-order valence-corrected chi connectivity index (χ0v) is 15.0. The number of aliphatic hydroxyl groups excluding tert-OH is 4. The number of Topliss-reactive ketones (excluding diaryl/α,β-unsaturated/α-hetero) is 1. The minimum Gasteiger partial charge on any atom is -0.391 e. The Labute approximate surface area is 151 Å². The van der Waals surface area contributed by atoms with Crippen molar-refractivity contribution < 1.29 is 36.4 Å². The third-order valence-corrected chi connectivity index (χ3v) is 4.69. The number of carbonyl (C=O) groups is 1. The Kier molecular flexibility index (Phi) is 9.30. The second kappa shape index (κ2) is 11.2. The number of unbranched alkanes of at least 4 members (excludes halogenated alkanes) is 6. The van der Waals surface area contributed by atoms with E-state index in [1.165, 1.54) is 25.7 Å². The fraction of sp³-hybridized carbons (Fsp3) is 0.944. The van der Waals surface area contributed by atoms with Gasteiger partial charge in [-0.3, -0.25) is 4.79 Å². The number of hydrogen-bond acceptors (Lipinski definition) is 7. The topological polar surface area (TPSA) is 127 Å². The van der Waals surface area contributed by atoms with Gasteiger partial charge in [0.1, 0.15) is 24.4 Å². The predicted molar refractivity (Wildman–Crippen MR) is 91.8 cm³/mol. The van der Waals surface area contributed by atoms with Gasteiger partial charge < -0.3 is 30.3 Å². The predicted octanol–water partition coefficient (Wildman–Crippen LogP) is 0.639. The molecule has 0 bridgehead atoms. The Bertz CT molecular complexity index is 422. The van der Waals surface area contributed by atoms with E-state index >= 15 is 0 Å². The van der Waals surface area contributed by atoms with Crippen molar-refractivity contribution in [1.29, 1.82) is 0 Å². The number of hydrogen-bond donors (Lipinski definition) is 5. The van der Waals surface area contributed by atoms with Crippen LogP contribution in [0.4, 0.5) is 0 Å². The molecule has 148 valence electrons. The zero-order valence-electron chi connectivity index (χ0n) is 16.0. The molecule has 0 saturated carbocycles. The lowest BCUT2D eigenvalue weighted by molar-refractivity contribution is -0.252. The summed E-state index contributed by atoms with van der Waals surface area (Å²) < 4.78 is 12.8. The maximum atomic E-state index is 12.1. The van der Waals surface area contributed by atoms with Gasteiger partial charge in [-0.1, -0.05) is 58.3 Å². The van der Waals surface area contributed by atoms with Crippen LogP contribution in [0.25, 0.3) is 0 Å². The van der Waals surface area contributed by atoms with Crippen molar-refractivity contribution in [2.45, 2.75) is 101 Å². The molecule has 0 aromatic carbocycles. The first-order valence-corrected chi connectivity index (χ1v) is 9.27. The van der Waals surface area contributed by atoms with Crippen LogP contribution < -0.4 is 0 Å². The fourth-order valence-electron chi connectivity index (χ4n) is 3.00. The average molecular weight is 363 g/mol. The molecule has 1 rings (SSSR count). The Morgan fingerprint density at radius 1 is 1.16 bits per heavy atom. The normalized spacial score (nSPS) is 32.4. The molecule has 5 N–H and O–H groups in total. The Morgan fingerprint density at radius 3 is 2.24 bits per heavy atom. The first-order valence-electron chi connectivity index (χ1n) is 9.84. The molecule has 0 aromatic heterocycles. The highest BCUT2D eigenvalue weighted by atomic mass is 16.7. The summed E-state index contributed by atoms with van der Waals surface area (Å²) in [6, 6.07) is 0. The molecule has 3 unspecified atom stereocenters. The lowest BCUT2D eigenvalue weighted by atomic mass is 9.97. The first kappa shape index (κ1) is 20.7. The summed E-state index contributed by atoms with van der Waals surface area (Å²) >= 11 is 0. The van der Waals surface area contributed by atoms with Crippen molar-refractivity contribution in [3.63, 3.8) is 0 Å². The number of ketones is 1. The second-order valence-corrected chi connectivity index (χ2v) is 6.83. The molecule has 1 saturated heterocycles. The highest BCUT2D eigenvalue weighted by Crippen LogP contribution is 2.31. The van der Waals surface area contributed by atoms with Gasteiger partial charge in [-0.15, -0.1) is 0 Å². The van der Waals surface area contributed by atoms with Gasteiger partial charge in [0.15, 0.2) is 5.78 Å². The van der Waals surface area contributed by atoms with Crippen LogP contribution in [0, 0.1) is 0 Å². The van der Waals surface area contributed by atoms with E-state index in [1.54, 1.807) is 0 Å². The van der Waals surface area contributed by atoms with Crippen LogP contribution in [0.2, 0.25) is 0 Å². The van der Waals surface area contributed by atoms with Crippen molar-refractivity contribution in [3.05, 3.63) is 0 Å². The lowest BCUT2D eigenvalue weighted by Gasteiger charge is -2.23. The molecular formula is C18H34O7. The number of ether oxygens (including phenoxy) is 1. The smallest absolute Gasteiger partial charge is 0.219 e. The van der Waals surface area contributed by atoms with Gasteiger partial charge in [-0.25, -0.2) is 0 Å². The van der Waals surface area contributed by atoms with Crippen LogP contribution >= 0.6 is 0 Å². The molecule has 7 heteroatoms. The van der Waals surface area contributed by atoms with Gasteiger partial charge in [0, 0.05) is 7.79 Å². The van der Waals surface area contributed by atoms with Crippen LogP contribution in [0.15, 0.2) is 0 Å².